The van der Waals surface area contributed by atoms with Crippen molar-refractivity contribution < 1.29 is 18.0 Å². The third-order valence-electron chi connectivity index (χ3n) is 2.76. The smallest absolute Gasteiger partial charge is 0.388 e. The minimum absolute atomic E-state index is 0.561. The van der Waals surface area contributed by atoms with Crippen molar-refractivity contribution in [3.05, 3.63) is 29.8 Å². The Morgan fingerprint density at radius 3 is 2.28 bits per heavy atom. The highest BCUT2D eigenvalue weighted by molar-refractivity contribution is 6.60. The predicted octanol–water partition coefficient (Wildman–Crippen LogP) is 1.97. The van der Waals surface area contributed by atoms with Crippen LogP contribution < -0.4 is 4.74 Å². The van der Waals surface area contributed by atoms with Gasteiger partial charge in [0.2, 0.25) is 0 Å². The molecule has 1 aromatic carbocycles. The summed E-state index contributed by atoms with van der Waals surface area (Å²) in [6.45, 7) is 0. The maximum Gasteiger partial charge on any atom is 0.500 e. The van der Waals surface area contributed by atoms with Crippen LogP contribution in [0.2, 0.25) is 6.04 Å². The third kappa shape index (κ3) is 3.55. The first kappa shape index (κ1) is 14.7. The second kappa shape index (κ2) is 7.13. The van der Waals surface area contributed by atoms with Crippen molar-refractivity contribution in [2.75, 3.05) is 21.3 Å². The molecule has 0 atom stereocenters. The lowest BCUT2D eigenvalue weighted by molar-refractivity contribution is 0.123. The van der Waals surface area contributed by atoms with Crippen LogP contribution in [0.4, 0.5) is 0 Å². The zero-order chi connectivity index (χ0) is 13.4. The van der Waals surface area contributed by atoms with Crippen LogP contribution in [0.15, 0.2) is 24.3 Å². The molecule has 0 aliphatic carbocycles. The standard InChI is InChI=1S/C12H17NO4Si/c1-14-18(15-2,16-3)9-8-11-6-4-5-7-12(11)17-10-13/h4-7H,8-9H2,1-3H3. The average Bonchev–Trinajstić information content (AvgIpc) is 2.43. The largest absolute Gasteiger partial charge is 0.500 e. The molecule has 0 aliphatic rings. The van der Waals surface area contributed by atoms with E-state index in [1.165, 1.54) is 0 Å². The molecule has 1 rings (SSSR count). The Labute approximate surface area is 108 Å². The number of nitrogens with zero attached hydrogens (tertiary/aromatic N) is 1. The van der Waals surface area contributed by atoms with E-state index in [2.05, 4.69) is 0 Å². The summed E-state index contributed by atoms with van der Waals surface area (Å²) in [6, 6.07) is 8.02. The van der Waals surface area contributed by atoms with Gasteiger partial charge in [0.15, 0.2) is 0 Å². The van der Waals surface area contributed by atoms with E-state index in [1.807, 2.05) is 18.2 Å². The van der Waals surface area contributed by atoms with Crippen LogP contribution >= 0.6 is 0 Å². The molecule has 1 aromatic rings. The van der Waals surface area contributed by atoms with Gasteiger partial charge < -0.3 is 18.0 Å². The maximum absolute atomic E-state index is 8.57. The zero-order valence-corrected chi connectivity index (χ0v) is 11.8. The van der Waals surface area contributed by atoms with Gasteiger partial charge in [0.1, 0.15) is 5.75 Å². The summed E-state index contributed by atoms with van der Waals surface area (Å²) in [5, 5.41) is 8.57. The second-order valence-corrected chi connectivity index (χ2v) is 6.69. The molecule has 5 nitrogen and oxygen atoms in total. The van der Waals surface area contributed by atoms with Gasteiger partial charge in [-0.3, -0.25) is 0 Å². The van der Waals surface area contributed by atoms with Crippen molar-refractivity contribution in [3.8, 4) is 12.0 Å². The molecule has 0 heterocycles. The van der Waals surface area contributed by atoms with E-state index >= 15 is 0 Å². The van der Waals surface area contributed by atoms with Crippen LogP contribution in [0.1, 0.15) is 5.56 Å². The highest BCUT2D eigenvalue weighted by atomic mass is 28.4. The van der Waals surface area contributed by atoms with Gasteiger partial charge >= 0.3 is 8.80 Å². The summed E-state index contributed by atoms with van der Waals surface area (Å²) >= 11 is 0. The summed E-state index contributed by atoms with van der Waals surface area (Å²) in [4.78, 5) is 0. The molecule has 18 heavy (non-hydrogen) atoms. The lowest BCUT2D eigenvalue weighted by Crippen LogP contribution is -2.43. The lowest BCUT2D eigenvalue weighted by atomic mass is 10.1. The van der Waals surface area contributed by atoms with Crippen molar-refractivity contribution in [2.24, 2.45) is 0 Å². The Kier molecular flexibility index (Phi) is 5.81. The first-order valence-corrected chi connectivity index (χ1v) is 7.44. The van der Waals surface area contributed by atoms with Gasteiger partial charge in [-0.1, -0.05) is 18.2 Å². The fourth-order valence-corrected chi connectivity index (χ4v) is 3.39. The van der Waals surface area contributed by atoms with Crippen LogP contribution in [0.25, 0.3) is 0 Å². The molecule has 98 valence electrons. The molecule has 0 unspecified atom stereocenters. The molecule has 0 radical (unpaired) electrons. The Bertz CT molecular complexity index is 407. The van der Waals surface area contributed by atoms with E-state index in [0.29, 0.717) is 18.2 Å². The second-order valence-electron chi connectivity index (χ2n) is 3.60. The van der Waals surface area contributed by atoms with E-state index in [9.17, 15) is 0 Å². The summed E-state index contributed by atoms with van der Waals surface area (Å²) < 4.78 is 20.9. The number of nitriles is 1. The van der Waals surface area contributed by atoms with Crippen LogP contribution in [0.3, 0.4) is 0 Å². The first-order chi connectivity index (χ1) is 8.71. The van der Waals surface area contributed by atoms with E-state index in [0.717, 1.165) is 5.56 Å². The molecule has 0 aliphatic heterocycles. The van der Waals surface area contributed by atoms with Gasteiger partial charge in [0, 0.05) is 27.4 Å². The lowest BCUT2D eigenvalue weighted by Gasteiger charge is -2.24. The van der Waals surface area contributed by atoms with Crippen molar-refractivity contribution >= 4 is 8.80 Å². The van der Waals surface area contributed by atoms with Crippen LogP contribution in [-0.2, 0) is 19.7 Å². The summed E-state index contributed by atoms with van der Waals surface area (Å²) in [5.74, 6) is 0.561. The van der Waals surface area contributed by atoms with Crippen molar-refractivity contribution in [1.29, 1.82) is 5.26 Å². The number of hydrogen-bond acceptors (Lipinski definition) is 5. The minimum Gasteiger partial charge on any atom is -0.388 e. The third-order valence-corrected chi connectivity index (χ3v) is 5.49. The Morgan fingerprint density at radius 1 is 1.11 bits per heavy atom. The van der Waals surface area contributed by atoms with Gasteiger partial charge in [-0.2, -0.15) is 0 Å². The number of benzene rings is 1. The molecule has 0 amide bonds. The minimum atomic E-state index is -2.58. The monoisotopic (exact) mass is 267 g/mol. The van der Waals surface area contributed by atoms with E-state index in [-0.39, 0.29) is 0 Å². The van der Waals surface area contributed by atoms with Crippen molar-refractivity contribution in [3.63, 3.8) is 0 Å². The molecular weight excluding hydrogens is 250 g/mol. The SMILES string of the molecule is CO[Si](CCc1ccccc1OC#N)(OC)OC. The quantitative estimate of drug-likeness (QED) is 0.558. The van der Waals surface area contributed by atoms with E-state index in [4.69, 9.17) is 23.3 Å². The molecule has 0 fully saturated rings. The van der Waals surface area contributed by atoms with Crippen LogP contribution in [0, 0.1) is 11.5 Å². The van der Waals surface area contributed by atoms with Crippen molar-refractivity contribution in [2.45, 2.75) is 12.5 Å². The average molecular weight is 267 g/mol. The number of aryl methyl sites for hydroxylation is 1. The predicted molar refractivity (Wildman–Crippen MR) is 68.0 cm³/mol. The number of para-hydroxylation sites is 1. The maximum atomic E-state index is 8.57. The number of rotatable bonds is 7. The Hall–Kier alpha value is -1.39. The van der Waals surface area contributed by atoms with Gasteiger partial charge in [0.25, 0.3) is 6.26 Å². The number of hydrogen-bond donors (Lipinski definition) is 0. The van der Waals surface area contributed by atoms with Gasteiger partial charge in [-0.05, 0) is 18.1 Å². The molecule has 0 saturated heterocycles. The molecule has 0 bridgehead atoms. The summed E-state index contributed by atoms with van der Waals surface area (Å²) in [6.07, 6.45) is 2.35. The Morgan fingerprint density at radius 2 is 1.72 bits per heavy atom. The fraction of sp³-hybridized carbons (Fsp3) is 0.417. The van der Waals surface area contributed by atoms with E-state index in [1.54, 1.807) is 33.7 Å². The van der Waals surface area contributed by atoms with Gasteiger partial charge in [0.05, 0.1) is 0 Å². The molecule has 0 aromatic heterocycles. The molecule has 0 saturated carbocycles. The fourth-order valence-electron chi connectivity index (χ4n) is 1.70. The van der Waals surface area contributed by atoms with Gasteiger partial charge in [-0.15, -0.1) is 5.26 Å². The molecule has 0 N–H and O–H groups in total. The van der Waals surface area contributed by atoms with Crippen LogP contribution in [-0.4, -0.2) is 30.1 Å². The van der Waals surface area contributed by atoms with Crippen molar-refractivity contribution in [1.82, 2.24) is 0 Å². The van der Waals surface area contributed by atoms with Gasteiger partial charge in [-0.25, -0.2) is 0 Å². The molecular formula is C12H17NO4Si. The highest BCUT2D eigenvalue weighted by Gasteiger charge is 2.37. The summed E-state index contributed by atoms with van der Waals surface area (Å²) in [7, 11) is 2.16. The topological polar surface area (TPSA) is 60.7 Å². The zero-order valence-electron chi connectivity index (χ0n) is 10.8. The van der Waals surface area contributed by atoms with E-state index < -0.39 is 8.80 Å². The normalized spacial score (nSPS) is 11.0. The number of ether oxygens (including phenoxy) is 1. The summed E-state index contributed by atoms with van der Waals surface area (Å²) in [5.41, 5.74) is 0.932. The highest BCUT2D eigenvalue weighted by Crippen LogP contribution is 2.23. The Balaban J connectivity index is 2.76. The molecule has 6 heteroatoms. The first-order valence-electron chi connectivity index (χ1n) is 5.50. The molecule has 0 spiro atoms. The van der Waals surface area contributed by atoms with Crippen LogP contribution in [0.5, 0.6) is 5.75 Å².